The highest BCUT2D eigenvalue weighted by Crippen LogP contribution is 2.56. The predicted octanol–water partition coefficient (Wildman–Crippen LogP) is 22.8. The maximum absolute atomic E-state index is 2.73. The first-order valence-corrected chi connectivity index (χ1v) is 37.5. The molecule has 4 nitrogen and oxygen atoms in total. The number of rotatable bonds is 13. The van der Waals surface area contributed by atoms with Crippen LogP contribution in [0, 0.1) is 0 Å². The minimum Gasteiger partial charge on any atom is -0.312 e. The highest BCUT2D eigenvalue weighted by atomic mass is 15.2. The molecule has 22 rings (SSSR count). The number of fused-ring (bicyclic) bond motifs is 13. The quantitative estimate of drug-likeness (QED) is 0.107. The standard InChI is InChI=1S/C102H66B2N4/c1-7-25-67(26-8-1)73-45-55-79(56-46-73)105(80-57-47-74(48-58-80)68-27-9-2-10-28-68)100-97-99-98(104-90-42-22-20-38-84(90)86-40-24-44-94(96(86)104)108(99)93-43-23-39-85-83-37-19-21-41-89(83)103(97)95(85)93)101(106(81-59-49-75(50-60-81)69-29-11-3-12-30-69)82-61-51-76(52-62-82)70-31-13-4-14-32-70)102(100)107-91-63-53-77(71-33-15-5-16-34-71)65-87(91)88-66-78(54-64-92(88)107)72-35-17-6-18-36-72/h1-66H. The van der Waals surface area contributed by atoms with Crippen LogP contribution >= 0.6 is 0 Å². The summed E-state index contributed by atoms with van der Waals surface area (Å²) >= 11 is 0. The Hall–Kier alpha value is -13.9. The molecule has 5 heterocycles. The van der Waals surface area contributed by atoms with E-state index in [0.29, 0.717) is 0 Å². The summed E-state index contributed by atoms with van der Waals surface area (Å²) in [5, 5.41) is 2.31. The maximum Gasteiger partial charge on any atom is 0.251 e. The summed E-state index contributed by atoms with van der Waals surface area (Å²) < 4.78 is 2.72. The number of hydrogen-bond donors (Lipinski definition) is 0. The average Bonchev–Trinajstić information content (AvgIpc) is 1.20. The molecule has 0 aliphatic carbocycles. The van der Waals surface area contributed by atoms with Gasteiger partial charge in [-0.25, -0.2) is 0 Å². The van der Waals surface area contributed by atoms with E-state index in [1.165, 1.54) is 72.1 Å². The third-order valence-electron chi connectivity index (χ3n) is 23.2. The van der Waals surface area contributed by atoms with Gasteiger partial charge in [0.25, 0.3) is 13.4 Å². The van der Waals surface area contributed by atoms with Crippen molar-refractivity contribution in [3.05, 3.63) is 400 Å². The minimum absolute atomic E-state index is 0.248. The Morgan fingerprint density at radius 2 is 0.472 bits per heavy atom. The Morgan fingerprint density at radius 3 is 0.796 bits per heavy atom. The van der Waals surface area contributed by atoms with Gasteiger partial charge in [0.2, 0.25) is 0 Å². The number of benzene rings is 17. The van der Waals surface area contributed by atoms with Gasteiger partial charge in [0.05, 0.1) is 28.1 Å². The zero-order chi connectivity index (χ0) is 70.9. The van der Waals surface area contributed by atoms with Gasteiger partial charge in [-0.2, -0.15) is 0 Å². The molecule has 0 N–H and O–H groups in total. The third-order valence-corrected chi connectivity index (χ3v) is 23.2. The molecule has 108 heavy (non-hydrogen) atoms. The Kier molecular flexibility index (Phi) is 14.2. The summed E-state index contributed by atoms with van der Waals surface area (Å²) in [6, 6.07) is 150. The van der Waals surface area contributed by atoms with Crippen LogP contribution in [0.1, 0.15) is 0 Å². The van der Waals surface area contributed by atoms with Crippen molar-refractivity contribution >= 4 is 119 Å². The molecule has 18 aromatic rings. The maximum atomic E-state index is 2.73. The van der Waals surface area contributed by atoms with E-state index < -0.39 is 0 Å². The van der Waals surface area contributed by atoms with Crippen LogP contribution in [0.4, 0.5) is 51.2 Å². The average molecular weight is 1370 g/mol. The van der Waals surface area contributed by atoms with E-state index in [9.17, 15) is 0 Å². The van der Waals surface area contributed by atoms with Crippen molar-refractivity contribution < 1.29 is 0 Å². The lowest BCUT2D eigenvalue weighted by atomic mass is 9.31. The van der Waals surface area contributed by atoms with Crippen molar-refractivity contribution in [2.24, 2.45) is 0 Å². The zero-order valence-corrected chi connectivity index (χ0v) is 59.0. The van der Waals surface area contributed by atoms with Gasteiger partial charge < -0.3 is 19.3 Å². The smallest absolute Gasteiger partial charge is 0.251 e. The van der Waals surface area contributed by atoms with Crippen molar-refractivity contribution in [3.8, 4) is 94.7 Å². The molecule has 4 aliphatic heterocycles. The van der Waals surface area contributed by atoms with Crippen molar-refractivity contribution in [1.29, 1.82) is 0 Å². The molecule has 0 saturated heterocycles. The van der Waals surface area contributed by atoms with E-state index in [1.807, 2.05) is 0 Å². The first-order chi connectivity index (χ1) is 53.6. The lowest BCUT2D eigenvalue weighted by Gasteiger charge is -2.47. The van der Waals surface area contributed by atoms with E-state index >= 15 is 0 Å². The van der Waals surface area contributed by atoms with Gasteiger partial charge in [0, 0.05) is 50.6 Å². The zero-order valence-electron chi connectivity index (χ0n) is 59.0. The fourth-order valence-electron chi connectivity index (χ4n) is 18.5. The minimum atomic E-state index is -0.248. The highest BCUT2D eigenvalue weighted by Gasteiger charge is 2.54. The van der Waals surface area contributed by atoms with Gasteiger partial charge >= 0.3 is 0 Å². The molecule has 1 aromatic heterocycles. The fraction of sp³-hybridized carbons (Fsp3) is 0. The SMILES string of the molecule is c1ccc(-c2ccc(N(c3ccc(-c4ccccc4)cc3)c3c4c5c(c(N(c6ccc(-c7ccccc7)cc6)c6ccc(-c7ccccc7)cc6)c3-n3c6ccc(-c7ccccc7)cc6c6cc(-c7ccccc7)ccc63)B3c6ccccc6-c6cccc(c63)N5c3cccc5c3B4c3ccccc3-5)cc2)cc1. The third kappa shape index (κ3) is 9.60. The summed E-state index contributed by atoms with van der Waals surface area (Å²) in [5.74, 6) is 0. The molecule has 500 valence electrons. The predicted molar refractivity (Wildman–Crippen MR) is 458 cm³/mol. The summed E-state index contributed by atoms with van der Waals surface area (Å²) in [4.78, 5) is 8.07. The number of nitrogens with zero attached hydrogens (tertiary/aromatic N) is 4. The number of hydrogen-bond acceptors (Lipinski definition) is 3. The largest absolute Gasteiger partial charge is 0.312 e. The van der Waals surface area contributed by atoms with Crippen LogP contribution in [-0.2, 0) is 0 Å². The van der Waals surface area contributed by atoms with Crippen molar-refractivity contribution in [3.63, 3.8) is 0 Å². The van der Waals surface area contributed by atoms with Crippen LogP contribution in [0.5, 0.6) is 0 Å². The van der Waals surface area contributed by atoms with Crippen LogP contribution in [0.3, 0.4) is 0 Å². The van der Waals surface area contributed by atoms with Crippen LogP contribution in [-0.4, -0.2) is 18.0 Å². The molecule has 0 spiro atoms. The lowest BCUT2D eigenvalue weighted by Crippen LogP contribution is -2.64. The molecule has 0 fully saturated rings. The van der Waals surface area contributed by atoms with E-state index in [0.717, 1.165) is 128 Å². The molecular weight excluding hydrogens is 1300 g/mol. The van der Waals surface area contributed by atoms with E-state index in [2.05, 4.69) is 420 Å². The summed E-state index contributed by atoms with van der Waals surface area (Å²) in [5.41, 5.74) is 39.7. The number of anilines is 9. The first kappa shape index (κ1) is 61.5. The second-order valence-corrected chi connectivity index (χ2v) is 28.9. The molecule has 0 amide bonds. The normalized spacial score (nSPS) is 12.4. The second-order valence-electron chi connectivity index (χ2n) is 28.9. The van der Waals surface area contributed by atoms with E-state index in [1.54, 1.807) is 0 Å². The Morgan fingerprint density at radius 1 is 0.204 bits per heavy atom. The van der Waals surface area contributed by atoms with Crippen molar-refractivity contribution in [1.82, 2.24) is 4.57 Å². The monoisotopic (exact) mass is 1370 g/mol. The van der Waals surface area contributed by atoms with Gasteiger partial charge in [0.1, 0.15) is 0 Å². The van der Waals surface area contributed by atoms with E-state index in [-0.39, 0.29) is 13.4 Å². The summed E-state index contributed by atoms with van der Waals surface area (Å²) in [6.07, 6.45) is 0. The van der Waals surface area contributed by atoms with Crippen LogP contribution in [0.2, 0.25) is 0 Å². The molecule has 6 heteroatoms. The second kappa shape index (κ2) is 24.9. The van der Waals surface area contributed by atoms with Crippen LogP contribution in [0.25, 0.3) is 117 Å². The highest BCUT2D eigenvalue weighted by molar-refractivity contribution is 7.06. The lowest BCUT2D eigenvalue weighted by molar-refractivity contribution is 1.13. The molecule has 17 aromatic carbocycles. The van der Waals surface area contributed by atoms with Gasteiger partial charge in [-0.3, -0.25) is 0 Å². The summed E-state index contributed by atoms with van der Waals surface area (Å²) in [6.45, 7) is -0.495. The molecule has 4 aliphatic rings. The molecular formula is C102H66B2N4. The Bertz CT molecular complexity index is 6010. The van der Waals surface area contributed by atoms with Crippen LogP contribution < -0.4 is 47.5 Å². The Labute approximate surface area is 629 Å². The molecule has 0 unspecified atom stereocenters. The van der Waals surface area contributed by atoms with Crippen molar-refractivity contribution in [2.45, 2.75) is 0 Å². The Balaban J connectivity index is 0.984. The van der Waals surface area contributed by atoms with E-state index in [4.69, 9.17) is 0 Å². The number of aromatic nitrogens is 1. The van der Waals surface area contributed by atoms with Crippen molar-refractivity contribution in [2.75, 3.05) is 14.7 Å². The fourth-order valence-corrected chi connectivity index (χ4v) is 18.5. The molecule has 0 saturated carbocycles. The van der Waals surface area contributed by atoms with Crippen LogP contribution in [0.15, 0.2) is 400 Å². The van der Waals surface area contributed by atoms with Gasteiger partial charge in [-0.05, 0) is 196 Å². The summed E-state index contributed by atoms with van der Waals surface area (Å²) in [7, 11) is 0. The topological polar surface area (TPSA) is 14.7 Å². The van der Waals surface area contributed by atoms with Gasteiger partial charge in [0.15, 0.2) is 0 Å². The molecule has 0 atom stereocenters. The van der Waals surface area contributed by atoms with Gasteiger partial charge in [-0.15, -0.1) is 0 Å². The first-order valence-electron chi connectivity index (χ1n) is 37.5. The van der Waals surface area contributed by atoms with Gasteiger partial charge in [-0.1, -0.05) is 326 Å². The molecule has 0 radical (unpaired) electrons. The molecule has 0 bridgehead atoms.